The van der Waals surface area contributed by atoms with E-state index in [1.54, 1.807) is 7.11 Å². The number of nitrogens with zero attached hydrogens (tertiary/aromatic N) is 3. The van der Waals surface area contributed by atoms with Crippen LogP contribution in [-0.2, 0) is 16.0 Å². The summed E-state index contributed by atoms with van der Waals surface area (Å²) in [5, 5.41) is 12.4. The molecule has 2 fully saturated rings. The normalized spacial score (nSPS) is 20.0. The van der Waals surface area contributed by atoms with Gasteiger partial charge in [0.25, 0.3) is 0 Å². The van der Waals surface area contributed by atoms with Crippen molar-refractivity contribution in [3.63, 3.8) is 0 Å². The lowest BCUT2D eigenvalue weighted by atomic mass is 10.1. The second-order valence-corrected chi connectivity index (χ2v) is 8.43. The predicted octanol–water partition coefficient (Wildman–Crippen LogP) is 2.87. The number of benzene rings is 1. The number of para-hydroxylation sites is 1. The minimum Gasteiger partial charge on any atom is -0.496 e. The van der Waals surface area contributed by atoms with Gasteiger partial charge in [-0.25, -0.2) is 0 Å². The van der Waals surface area contributed by atoms with Crippen LogP contribution in [0.15, 0.2) is 24.3 Å². The average Bonchev–Trinajstić information content (AvgIpc) is 3.43. The van der Waals surface area contributed by atoms with E-state index >= 15 is 0 Å². The number of rotatable bonds is 6. The molecule has 1 aromatic carbocycles. The van der Waals surface area contributed by atoms with Crippen molar-refractivity contribution in [3.8, 4) is 5.75 Å². The Morgan fingerprint density at radius 2 is 2.07 bits per heavy atom. The monoisotopic (exact) mass is 400 g/mol. The van der Waals surface area contributed by atoms with Gasteiger partial charge < -0.3 is 15.0 Å². The number of carbonyl (C=O) groups excluding carboxylic acids is 2. The fourth-order valence-electron chi connectivity index (χ4n) is 4.07. The van der Waals surface area contributed by atoms with Crippen molar-refractivity contribution in [3.05, 3.63) is 34.8 Å². The molecule has 0 radical (unpaired) electrons. The van der Waals surface area contributed by atoms with Crippen LogP contribution in [0.2, 0.25) is 0 Å². The van der Waals surface area contributed by atoms with E-state index in [-0.39, 0.29) is 24.2 Å². The standard InChI is InChI=1S/C20H24N4O3S/c1-27-16-9-5-2-6-13(16)10-17-22-23-20(28-17)21-19(26)14-11-18(25)24(12-14)15-7-3-4-8-15/h2,5-6,9,14-15H,3-4,7-8,10-12H2,1H3,(H,21,23,26)/t14-/m0/s1. The van der Waals surface area contributed by atoms with Crippen molar-refractivity contribution < 1.29 is 14.3 Å². The van der Waals surface area contributed by atoms with Crippen molar-refractivity contribution in [1.82, 2.24) is 15.1 Å². The minimum absolute atomic E-state index is 0.0983. The highest BCUT2D eigenvalue weighted by atomic mass is 32.1. The largest absolute Gasteiger partial charge is 0.496 e. The molecule has 2 amide bonds. The summed E-state index contributed by atoms with van der Waals surface area (Å²) < 4.78 is 5.37. The summed E-state index contributed by atoms with van der Waals surface area (Å²) in [5.41, 5.74) is 1.02. The van der Waals surface area contributed by atoms with Crippen LogP contribution in [0.4, 0.5) is 5.13 Å². The van der Waals surface area contributed by atoms with Crippen LogP contribution < -0.4 is 10.1 Å². The van der Waals surface area contributed by atoms with E-state index < -0.39 is 0 Å². The van der Waals surface area contributed by atoms with Gasteiger partial charge in [-0.05, 0) is 18.9 Å². The van der Waals surface area contributed by atoms with Crippen molar-refractivity contribution in [2.24, 2.45) is 5.92 Å². The van der Waals surface area contributed by atoms with Crippen LogP contribution in [0.5, 0.6) is 5.75 Å². The zero-order valence-corrected chi connectivity index (χ0v) is 16.7. The molecule has 1 aliphatic carbocycles. The maximum Gasteiger partial charge on any atom is 0.231 e. The molecule has 0 unspecified atom stereocenters. The van der Waals surface area contributed by atoms with Crippen LogP contribution >= 0.6 is 11.3 Å². The molecule has 28 heavy (non-hydrogen) atoms. The van der Waals surface area contributed by atoms with Crippen LogP contribution in [0.1, 0.15) is 42.7 Å². The number of methoxy groups -OCH3 is 1. The molecule has 0 bridgehead atoms. The molecular weight excluding hydrogens is 376 g/mol. The van der Waals surface area contributed by atoms with Gasteiger partial charge in [-0.3, -0.25) is 9.59 Å². The molecule has 1 aromatic heterocycles. The van der Waals surface area contributed by atoms with Gasteiger partial charge in [0, 0.05) is 31.0 Å². The van der Waals surface area contributed by atoms with E-state index in [1.165, 1.54) is 24.2 Å². The fraction of sp³-hybridized carbons (Fsp3) is 0.500. The molecule has 1 saturated carbocycles. The summed E-state index contributed by atoms with van der Waals surface area (Å²) in [5.74, 6) is 0.449. The number of hydrogen-bond acceptors (Lipinski definition) is 6. The molecule has 0 spiro atoms. The molecular formula is C20H24N4O3S. The molecule has 1 saturated heterocycles. The Bertz CT molecular complexity index is 863. The Labute approximate surface area is 168 Å². The Morgan fingerprint density at radius 1 is 1.29 bits per heavy atom. The van der Waals surface area contributed by atoms with Crippen LogP contribution in [0.3, 0.4) is 0 Å². The van der Waals surface area contributed by atoms with Gasteiger partial charge in [0.05, 0.1) is 13.0 Å². The highest BCUT2D eigenvalue weighted by Gasteiger charge is 2.38. The van der Waals surface area contributed by atoms with Crippen molar-refractivity contribution in [2.75, 3.05) is 19.0 Å². The highest BCUT2D eigenvalue weighted by molar-refractivity contribution is 7.15. The lowest BCUT2D eigenvalue weighted by Gasteiger charge is -2.23. The number of likely N-dealkylation sites (tertiary alicyclic amines) is 1. The topological polar surface area (TPSA) is 84.4 Å². The van der Waals surface area contributed by atoms with E-state index in [4.69, 9.17) is 4.74 Å². The maximum absolute atomic E-state index is 12.6. The van der Waals surface area contributed by atoms with Crippen molar-refractivity contribution >= 4 is 28.3 Å². The molecule has 1 aliphatic heterocycles. The maximum atomic E-state index is 12.6. The Balaban J connectivity index is 1.36. The first kappa shape index (κ1) is 18.9. The Kier molecular flexibility index (Phi) is 5.57. The first-order valence-corrected chi connectivity index (χ1v) is 10.5. The Morgan fingerprint density at radius 3 is 2.86 bits per heavy atom. The van der Waals surface area contributed by atoms with Crippen molar-refractivity contribution in [2.45, 2.75) is 44.6 Å². The average molecular weight is 401 g/mol. The number of amides is 2. The van der Waals surface area contributed by atoms with E-state index in [0.717, 1.165) is 29.2 Å². The first-order valence-electron chi connectivity index (χ1n) is 9.68. The van der Waals surface area contributed by atoms with E-state index in [1.807, 2.05) is 29.2 Å². The minimum atomic E-state index is -0.310. The molecule has 8 heteroatoms. The lowest BCUT2D eigenvalue weighted by Crippen LogP contribution is -2.35. The molecule has 2 aliphatic rings. The summed E-state index contributed by atoms with van der Waals surface area (Å²) in [6.45, 7) is 0.516. The summed E-state index contributed by atoms with van der Waals surface area (Å²) in [6.07, 6.45) is 5.34. The highest BCUT2D eigenvalue weighted by Crippen LogP contribution is 2.30. The predicted molar refractivity (Wildman–Crippen MR) is 106 cm³/mol. The molecule has 2 aromatic rings. The van der Waals surface area contributed by atoms with Gasteiger partial charge in [-0.15, -0.1) is 10.2 Å². The van der Waals surface area contributed by atoms with Gasteiger partial charge >= 0.3 is 0 Å². The number of hydrogen-bond donors (Lipinski definition) is 1. The number of ether oxygens (including phenoxy) is 1. The van der Waals surface area contributed by atoms with Gasteiger partial charge in [-0.2, -0.15) is 0 Å². The van der Waals surface area contributed by atoms with E-state index in [0.29, 0.717) is 24.1 Å². The van der Waals surface area contributed by atoms with Crippen LogP contribution in [-0.4, -0.2) is 46.6 Å². The summed E-state index contributed by atoms with van der Waals surface area (Å²) in [7, 11) is 1.64. The van der Waals surface area contributed by atoms with Crippen molar-refractivity contribution in [1.29, 1.82) is 0 Å². The lowest BCUT2D eigenvalue weighted by molar-refractivity contribution is -0.129. The van der Waals surface area contributed by atoms with E-state index in [2.05, 4.69) is 15.5 Å². The Hall–Kier alpha value is -2.48. The number of aromatic nitrogens is 2. The zero-order chi connectivity index (χ0) is 19.5. The molecule has 148 valence electrons. The number of nitrogens with one attached hydrogen (secondary N) is 1. The van der Waals surface area contributed by atoms with Gasteiger partial charge in [-0.1, -0.05) is 42.4 Å². The smallest absolute Gasteiger partial charge is 0.231 e. The van der Waals surface area contributed by atoms with Gasteiger partial charge in [0.2, 0.25) is 16.9 Å². The van der Waals surface area contributed by atoms with Crippen LogP contribution in [0, 0.1) is 5.92 Å². The van der Waals surface area contributed by atoms with Crippen LogP contribution in [0.25, 0.3) is 0 Å². The van der Waals surface area contributed by atoms with Gasteiger partial charge in [0.15, 0.2) is 0 Å². The fourth-order valence-corrected chi connectivity index (χ4v) is 4.84. The third kappa shape index (κ3) is 4.01. The third-order valence-corrected chi connectivity index (χ3v) is 6.36. The van der Waals surface area contributed by atoms with Gasteiger partial charge in [0.1, 0.15) is 10.8 Å². The SMILES string of the molecule is COc1ccccc1Cc1nnc(NC(=O)[C@H]2CC(=O)N(C3CCCC3)C2)s1. The molecule has 7 nitrogen and oxygen atoms in total. The number of carbonyl (C=O) groups is 2. The second-order valence-electron chi connectivity index (χ2n) is 7.36. The molecule has 4 rings (SSSR count). The third-order valence-electron chi connectivity index (χ3n) is 5.53. The molecule has 1 N–H and O–H groups in total. The van der Waals surface area contributed by atoms with E-state index in [9.17, 15) is 9.59 Å². The summed E-state index contributed by atoms with van der Waals surface area (Å²) in [4.78, 5) is 26.8. The molecule has 2 heterocycles. The molecule has 1 atom stereocenters. The summed E-state index contributed by atoms with van der Waals surface area (Å²) in [6, 6.07) is 8.09. The first-order chi connectivity index (χ1) is 13.6. The zero-order valence-electron chi connectivity index (χ0n) is 15.9. The summed E-state index contributed by atoms with van der Waals surface area (Å²) >= 11 is 1.35. The quantitative estimate of drug-likeness (QED) is 0.806. The number of anilines is 1. The second kappa shape index (κ2) is 8.26.